The highest BCUT2D eigenvalue weighted by Gasteiger charge is 2.38. The van der Waals surface area contributed by atoms with Crippen molar-refractivity contribution >= 4 is 16.8 Å². The number of piperazine rings is 1. The molecule has 0 saturated carbocycles. The van der Waals surface area contributed by atoms with Crippen molar-refractivity contribution in [1.82, 2.24) is 9.47 Å². The summed E-state index contributed by atoms with van der Waals surface area (Å²) in [5, 5.41) is 10.3. The van der Waals surface area contributed by atoms with Gasteiger partial charge in [0.15, 0.2) is 0 Å². The molecular weight excluding hydrogens is 288 g/mol. The maximum atomic E-state index is 10.3. The van der Waals surface area contributed by atoms with Gasteiger partial charge in [0.1, 0.15) is 8.24 Å². The van der Waals surface area contributed by atoms with Gasteiger partial charge in [-0.2, -0.15) is 0 Å². The normalized spacial score (nSPS) is 21.1. The Morgan fingerprint density at radius 2 is 1.50 bits per heavy atom. The molecule has 1 heterocycles. The molecule has 1 atom stereocenters. The van der Waals surface area contributed by atoms with Crippen molar-refractivity contribution in [2.24, 2.45) is 0 Å². The van der Waals surface area contributed by atoms with Gasteiger partial charge in [0.25, 0.3) is 0 Å². The number of hydrogen-bond acceptors (Lipinski definition) is 5. The minimum atomic E-state index is -2.40. The summed E-state index contributed by atoms with van der Waals surface area (Å²) in [7, 11) is -0.290. The summed E-state index contributed by atoms with van der Waals surface area (Å²) < 4.78 is 13.4. The predicted molar refractivity (Wildman–Crippen MR) is 87.6 cm³/mol. The quantitative estimate of drug-likeness (QED) is 0.712. The standard InChI is InChI=1S/C13H32N2O3Si2/c1-17-20(6,18-2)13(16)7-8-14-9-11-15(12-10-14)19(3,4)5/h13,16H,7-12H2,1-6H3. The summed E-state index contributed by atoms with van der Waals surface area (Å²) in [5.74, 6) is 0. The summed E-state index contributed by atoms with van der Waals surface area (Å²) >= 11 is 0. The Bertz CT molecular complexity index is 288. The van der Waals surface area contributed by atoms with Crippen LogP contribution in [-0.2, 0) is 8.85 Å². The number of nitrogens with zero attached hydrogens (tertiary/aromatic N) is 2. The number of aliphatic hydroxyl groups excluding tert-OH is 1. The van der Waals surface area contributed by atoms with E-state index >= 15 is 0 Å². The first kappa shape index (κ1) is 18.3. The fraction of sp³-hybridized carbons (Fsp3) is 1.00. The van der Waals surface area contributed by atoms with E-state index < -0.39 is 22.5 Å². The summed E-state index contributed by atoms with van der Waals surface area (Å²) in [6.07, 6.45) is 0.733. The molecule has 0 amide bonds. The molecule has 1 rings (SSSR count). The molecule has 1 saturated heterocycles. The molecule has 0 aromatic carbocycles. The average Bonchev–Trinajstić information content (AvgIpc) is 2.43. The first-order valence-electron chi connectivity index (χ1n) is 7.48. The van der Waals surface area contributed by atoms with Crippen LogP contribution in [0.25, 0.3) is 0 Å². The summed E-state index contributed by atoms with van der Waals surface area (Å²) in [5.41, 5.74) is -0.465. The number of hydrogen-bond donors (Lipinski definition) is 1. The first-order chi connectivity index (χ1) is 9.23. The van der Waals surface area contributed by atoms with Gasteiger partial charge in [-0.3, -0.25) is 0 Å². The maximum absolute atomic E-state index is 10.3. The van der Waals surface area contributed by atoms with Crippen molar-refractivity contribution in [1.29, 1.82) is 0 Å². The van der Waals surface area contributed by atoms with Gasteiger partial charge in [0.05, 0.1) is 5.73 Å². The molecule has 1 aliphatic rings. The van der Waals surface area contributed by atoms with Crippen LogP contribution in [0, 0.1) is 0 Å². The Hall–Kier alpha value is 0.234. The van der Waals surface area contributed by atoms with Crippen molar-refractivity contribution in [2.45, 2.75) is 38.3 Å². The Kier molecular flexibility index (Phi) is 6.84. The molecule has 0 aliphatic carbocycles. The van der Waals surface area contributed by atoms with Crippen LogP contribution in [0.3, 0.4) is 0 Å². The molecule has 0 spiro atoms. The third kappa shape index (κ3) is 4.90. The SMILES string of the molecule is CO[Si](C)(OC)C(O)CCN1CCN([Si](C)(C)C)CC1. The van der Waals surface area contributed by atoms with E-state index in [1.54, 1.807) is 14.2 Å². The maximum Gasteiger partial charge on any atom is 0.364 e. The van der Waals surface area contributed by atoms with Gasteiger partial charge in [-0.1, -0.05) is 19.6 Å². The second-order valence-corrected chi connectivity index (χ2v) is 15.2. The van der Waals surface area contributed by atoms with E-state index in [1.165, 1.54) is 0 Å². The zero-order valence-corrected chi connectivity index (χ0v) is 16.0. The van der Waals surface area contributed by atoms with E-state index in [2.05, 4.69) is 29.1 Å². The molecule has 1 N–H and O–H groups in total. The summed E-state index contributed by atoms with van der Waals surface area (Å²) in [6.45, 7) is 14.6. The predicted octanol–water partition coefficient (Wildman–Crippen LogP) is 1.09. The fourth-order valence-corrected chi connectivity index (χ4v) is 5.47. The molecule has 0 aromatic heterocycles. The van der Waals surface area contributed by atoms with E-state index in [-0.39, 0.29) is 0 Å². The molecular formula is C13H32N2O3Si2. The lowest BCUT2D eigenvalue weighted by atomic mass is 10.3. The van der Waals surface area contributed by atoms with Gasteiger partial charge < -0.3 is 23.4 Å². The van der Waals surface area contributed by atoms with Gasteiger partial charge in [0.2, 0.25) is 0 Å². The van der Waals surface area contributed by atoms with Crippen LogP contribution < -0.4 is 0 Å². The van der Waals surface area contributed by atoms with Crippen molar-refractivity contribution in [3.63, 3.8) is 0 Å². The van der Waals surface area contributed by atoms with Gasteiger partial charge >= 0.3 is 8.56 Å². The lowest BCUT2D eigenvalue weighted by molar-refractivity contribution is 0.116. The Labute approximate surface area is 126 Å². The largest absolute Gasteiger partial charge is 0.396 e. The zero-order valence-electron chi connectivity index (χ0n) is 14.0. The second-order valence-electron chi connectivity index (χ2n) is 6.73. The highest BCUT2D eigenvalue weighted by Crippen LogP contribution is 2.16. The molecule has 1 fully saturated rings. The van der Waals surface area contributed by atoms with E-state index in [9.17, 15) is 5.11 Å². The summed E-state index contributed by atoms with van der Waals surface area (Å²) in [4.78, 5) is 2.44. The Morgan fingerprint density at radius 1 is 1.00 bits per heavy atom. The Balaban J connectivity index is 2.35. The topological polar surface area (TPSA) is 45.2 Å². The van der Waals surface area contributed by atoms with Crippen molar-refractivity contribution < 1.29 is 14.0 Å². The Morgan fingerprint density at radius 3 is 1.90 bits per heavy atom. The van der Waals surface area contributed by atoms with Gasteiger partial charge in [-0.25, -0.2) is 0 Å². The van der Waals surface area contributed by atoms with Crippen molar-refractivity contribution in [3.8, 4) is 0 Å². The van der Waals surface area contributed by atoms with E-state index in [0.717, 1.165) is 39.1 Å². The first-order valence-corrected chi connectivity index (χ1v) is 13.3. The highest BCUT2D eigenvalue weighted by molar-refractivity contribution is 6.73. The smallest absolute Gasteiger partial charge is 0.364 e. The molecule has 7 heteroatoms. The minimum Gasteiger partial charge on any atom is -0.396 e. The summed E-state index contributed by atoms with van der Waals surface area (Å²) in [6, 6.07) is 0. The van der Waals surface area contributed by atoms with Crippen LogP contribution in [0.15, 0.2) is 0 Å². The second kappa shape index (κ2) is 7.48. The lowest BCUT2D eigenvalue weighted by Gasteiger charge is -2.41. The molecule has 20 heavy (non-hydrogen) atoms. The van der Waals surface area contributed by atoms with Gasteiger partial charge in [0, 0.05) is 46.9 Å². The molecule has 120 valence electrons. The number of rotatable bonds is 7. The molecule has 0 aromatic rings. The van der Waals surface area contributed by atoms with Crippen LogP contribution >= 0.6 is 0 Å². The van der Waals surface area contributed by atoms with E-state index in [1.807, 2.05) is 6.55 Å². The number of aliphatic hydroxyl groups is 1. The van der Waals surface area contributed by atoms with Crippen molar-refractivity contribution in [2.75, 3.05) is 46.9 Å². The zero-order chi connectivity index (χ0) is 15.4. The average molecular weight is 321 g/mol. The molecule has 5 nitrogen and oxygen atoms in total. The van der Waals surface area contributed by atoms with Crippen LogP contribution in [0.2, 0.25) is 26.2 Å². The third-order valence-corrected chi connectivity index (χ3v) is 9.92. The minimum absolute atomic E-state index is 0.465. The third-order valence-electron chi connectivity index (χ3n) is 4.46. The van der Waals surface area contributed by atoms with E-state index in [0.29, 0.717) is 0 Å². The molecule has 0 radical (unpaired) electrons. The van der Waals surface area contributed by atoms with E-state index in [4.69, 9.17) is 8.85 Å². The van der Waals surface area contributed by atoms with Crippen LogP contribution in [0.1, 0.15) is 6.42 Å². The van der Waals surface area contributed by atoms with Crippen molar-refractivity contribution in [3.05, 3.63) is 0 Å². The fourth-order valence-electron chi connectivity index (χ4n) is 2.56. The lowest BCUT2D eigenvalue weighted by Crippen LogP contribution is -2.56. The van der Waals surface area contributed by atoms with Gasteiger partial charge in [-0.15, -0.1) is 0 Å². The molecule has 1 unspecified atom stereocenters. The van der Waals surface area contributed by atoms with Crippen LogP contribution in [0.4, 0.5) is 0 Å². The van der Waals surface area contributed by atoms with Gasteiger partial charge in [-0.05, 0) is 13.0 Å². The highest BCUT2D eigenvalue weighted by atomic mass is 28.4. The molecule has 1 aliphatic heterocycles. The van der Waals surface area contributed by atoms with Crippen LogP contribution in [-0.4, -0.2) is 84.0 Å². The molecule has 0 bridgehead atoms. The monoisotopic (exact) mass is 320 g/mol. The van der Waals surface area contributed by atoms with Crippen LogP contribution in [0.5, 0.6) is 0 Å².